The maximum atomic E-state index is 11.9. The lowest BCUT2D eigenvalue weighted by molar-refractivity contribution is -0.136. The van der Waals surface area contributed by atoms with Gasteiger partial charge in [-0.1, -0.05) is 18.2 Å². The average molecular weight is 232 g/mol. The second-order valence-corrected chi connectivity index (χ2v) is 3.23. The molecule has 6 heteroatoms. The summed E-state index contributed by atoms with van der Waals surface area (Å²) in [6, 6.07) is 7.93. The molecule has 1 aromatic rings. The zero-order valence-electron chi connectivity index (χ0n) is 8.37. The van der Waals surface area contributed by atoms with Crippen molar-refractivity contribution < 1.29 is 18.0 Å². The number of hydrazine groups is 1. The van der Waals surface area contributed by atoms with Crippen molar-refractivity contribution in [2.45, 2.75) is 12.6 Å². The van der Waals surface area contributed by atoms with Gasteiger partial charge in [-0.2, -0.15) is 13.2 Å². The fraction of sp³-hybridized carbons (Fsp3) is 0.300. The van der Waals surface area contributed by atoms with Crippen molar-refractivity contribution in [1.82, 2.24) is 5.01 Å². The van der Waals surface area contributed by atoms with Gasteiger partial charge in [-0.3, -0.25) is 9.80 Å². The largest absolute Gasteiger partial charge is 0.390 e. The number of benzene rings is 1. The molecule has 0 saturated heterocycles. The van der Waals surface area contributed by atoms with Crippen LogP contribution in [0.1, 0.15) is 16.8 Å². The van der Waals surface area contributed by atoms with Gasteiger partial charge in [0.2, 0.25) is 0 Å². The van der Waals surface area contributed by atoms with E-state index in [1.54, 1.807) is 18.2 Å². The number of rotatable bonds is 3. The van der Waals surface area contributed by atoms with Crippen LogP contribution in [-0.4, -0.2) is 23.6 Å². The van der Waals surface area contributed by atoms with E-state index in [1.165, 1.54) is 12.1 Å². The molecule has 0 atom stereocenters. The highest BCUT2D eigenvalue weighted by molar-refractivity contribution is 5.93. The topological polar surface area (TPSA) is 46.3 Å². The Balaban J connectivity index is 2.55. The predicted molar refractivity (Wildman–Crippen MR) is 52.3 cm³/mol. The standard InChI is InChI=1S/C10H11F3N2O/c11-10(12,13)6-7-15(14)9(16)8-4-2-1-3-5-8/h1-5H,6-7,14H2. The summed E-state index contributed by atoms with van der Waals surface area (Å²) in [6.07, 6.45) is -5.42. The number of carbonyl (C=O) groups is 1. The van der Waals surface area contributed by atoms with Crippen LogP contribution in [-0.2, 0) is 0 Å². The normalized spacial score (nSPS) is 11.2. The monoisotopic (exact) mass is 232 g/mol. The number of hydrogen-bond acceptors (Lipinski definition) is 2. The average Bonchev–Trinajstić information content (AvgIpc) is 2.25. The smallest absolute Gasteiger partial charge is 0.276 e. The Morgan fingerprint density at radius 2 is 1.81 bits per heavy atom. The third-order valence-electron chi connectivity index (χ3n) is 1.92. The minimum atomic E-state index is -4.31. The number of amides is 1. The number of hydrogen-bond donors (Lipinski definition) is 1. The van der Waals surface area contributed by atoms with Gasteiger partial charge in [0.1, 0.15) is 0 Å². The first-order chi connectivity index (χ1) is 7.40. The van der Waals surface area contributed by atoms with Crippen LogP contribution >= 0.6 is 0 Å². The zero-order chi connectivity index (χ0) is 12.2. The molecular formula is C10H11F3N2O. The third kappa shape index (κ3) is 3.90. The molecule has 0 aliphatic heterocycles. The highest BCUT2D eigenvalue weighted by atomic mass is 19.4. The van der Waals surface area contributed by atoms with Gasteiger partial charge < -0.3 is 0 Å². The van der Waals surface area contributed by atoms with E-state index in [0.29, 0.717) is 5.01 Å². The summed E-state index contributed by atoms with van der Waals surface area (Å²) in [6.45, 7) is -0.544. The van der Waals surface area contributed by atoms with Gasteiger partial charge in [0.25, 0.3) is 5.91 Å². The van der Waals surface area contributed by atoms with Crippen molar-refractivity contribution in [1.29, 1.82) is 0 Å². The van der Waals surface area contributed by atoms with E-state index >= 15 is 0 Å². The van der Waals surface area contributed by atoms with E-state index in [0.717, 1.165) is 0 Å². The molecule has 0 bridgehead atoms. The van der Waals surface area contributed by atoms with Crippen molar-refractivity contribution in [3.63, 3.8) is 0 Å². The number of carbonyl (C=O) groups excluding carboxylic acids is 1. The van der Waals surface area contributed by atoms with E-state index in [4.69, 9.17) is 5.84 Å². The zero-order valence-corrected chi connectivity index (χ0v) is 8.37. The third-order valence-corrected chi connectivity index (χ3v) is 1.92. The number of halogens is 3. The number of nitrogens with zero attached hydrogens (tertiary/aromatic N) is 1. The van der Waals surface area contributed by atoms with Crippen molar-refractivity contribution in [3.05, 3.63) is 35.9 Å². The van der Waals surface area contributed by atoms with Crippen LogP contribution in [0.5, 0.6) is 0 Å². The Morgan fingerprint density at radius 3 is 2.31 bits per heavy atom. The van der Waals surface area contributed by atoms with Crippen LogP contribution in [0.2, 0.25) is 0 Å². The van der Waals surface area contributed by atoms with Crippen LogP contribution in [0.3, 0.4) is 0 Å². The lowest BCUT2D eigenvalue weighted by Crippen LogP contribution is -2.39. The second-order valence-electron chi connectivity index (χ2n) is 3.23. The molecule has 3 nitrogen and oxygen atoms in total. The predicted octanol–water partition coefficient (Wildman–Crippen LogP) is 1.95. The molecule has 0 heterocycles. The summed E-state index contributed by atoms with van der Waals surface area (Å²) < 4.78 is 35.7. The Bertz CT molecular complexity index is 351. The molecule has 16 heavy (non-hydrogen) atoms. The maximum Gasteiger partial charge on any atom is 0.390 e. The van der Waals surface area contributed by atoms with Gasteiger partial charge in [-0.25, -0.2) is 5.84 Å². The Kier molecular flexibility index (Phi) is 3.89. The van der Waals surface area contributed by atoms with E-state index in [-0.39, 0.29) is 5.56 Å². The molecule has 0 saturated carbocycles. The molecule has 88 valence electrons. The van der Waals surface area contributed by atoms with Gasteiger partial charge >= 0.3 is 6.18 Å². The molecule has 0 fully saturated rings. The molecular weight excluding hydrogens is 221 g/mol. The van der Waals surface area contributed by atoms with Crippen LogP contribution in [0, 0.1) is 0 Å². The summed E-state index contributed by atoms with van der Waals surface area (Å²) in [7, 11) is 0. The lowest BCUT2D eigenvalue weighted by atomic mass is 10.2. The van der Waals surface area contributed by atoms with Gasteiger partial charge in [0.05, 0.1) is 6.42 Å². The molecule has 2 N–H and O–H groups in total. The van der Waals surface area contributed by atoms with E-state index in [9.17, 15) is 18.0 Å². The fourth-order valence-electron chi connectivity index (χ4n) is 1.10. The molecule has 0 radical (unpaired) electrons. The lowest BCUT2D eigenvalue weighted by Gasteiger charge is -2.17. The minimum Gasteiger partial charge on any atom is -0.276 e. The molecule has 0 aliphatic rings. The molecule has 1 aromatic carbocycles. The van der Waals surface area contributed by atoms with Crippen molar-refractivity contribution in [2.24, 2.45) is 5.84 Å². The van der Waals surface area contributed by atoms with Crippen molar-refractivity contribution in [2.75, 3.05) is 6.54 Å². The van der Waals surface area contributed by atoms with Crippen LogP contribution in [0.25, 0.3) is 0 Å². The second kappa shape index (κ2) is 4.98. The highest BCUT2D eigenvalue weighted by Gasteiger charge is 2.28. The van der Waals surface area contributed by atoms with Gasteiger partial charge in [0.15, 0.2) is 0 Å². The summed E-state index contributed by atoms with van der Waals surface area (Å²) in [5.74, 6) is 4.62. The SMILES string of the molecule is NN(CCC(F)(F)F)C(=O)c1ccccc1. The number of alkyl halides is 3. The Morgan fingerprint density at radius 1 is 1.25 bits per heavy atom. The molecule has 1 rings (SSSR count). The molecule has 0 aromatic heterocycles. The maximum absolute atomic E-state index is 11.9. The molecule has 0 unspecified atom stereocenters. The molecule has 0 spiro atoms. The Hall–Kier alpha value is -1.56. The number of nitrogens with two attached hydrogens (primary N) is 1. The first-order valence-electron chi connectivity index (χ1n) is 4.58. The van der Waals surface area contributed by atoms with E-state index < -0.39 is 25.0 Å². The summed E-state index contributed by atoms with van der Waals surface area (Å²) in [5.41, 5.74) is 0.271. The van der Waals surface area contributed by atoms with Crippen LogP contribution in [0.4, 0.5) is 13.2 Å². The van der Waals surface area contributed by atoms with E-state index in [1.807, 2.05) is 0 Å². The first-order valence-corrected chi connectivity index (χ1v) is 4.58. The highest BCUT2D eigenvalue weighted by Crippen LogP contribution is 2.19. The van der Waals surface area contributed by atoms with Gasteiger partial charge in [-0.15, -0.1) is 0 Å². The van der Waals surface area contributed by atoms with Crippen LogP contribution < -0.4 is 5.84 Å². The van der Waals surface area contributed by atoms with Crippen LogP contribution in [0.15, 0.2) is 30.3 Å². The Labute approximate surface area is 90.6 Å². The van der Waals surface area contributed by atoms with Crippen molar-refractivity contribution in [3.8, 4) is 0 Å². The van der Waals surface area contributed by atoms with Gasteiger partial charge in [0, 0.05) is 12.1 Å². The summed E-state index contributed by atoms with van der Waals surface area (Å²) in [5, 5.41) is 0.572. The summed E-state index contributed by atoms with van der Waals surface area (Å²) >= 11 is 0. The quantitative estimate of drug-likeness (QED) is 0.492. The fourth-order valence-corrected chi connectivity index (χ4v) is 1.10. The first kappa shape index (κ1) is 12.5. The molecule has 0 aliphatic carbocycles. The minimum absolute atomic E-state index is 0.271. The van der Waals surface area contributed by atoms with E-state index in [2.05, 4.69) is 0 Å². The molecule has 1 amide bonds. The summed E-state index contributed by atoms with van der Waals surface area (Å²) in [4.78, 5) is 11.5. The van der Waals surface area contributed by atoms with Gasteiger partial charge in [-0.05, 0) is 12.1 Å². The van der Waals surface area contributed by atoms with Crippen molar-refractivity contribution >= 4 is 5.91 Å².